The summed E-state index contributed by atoms with van der Waals surface area (Å²) in [6, 6.07) is 4.10. The molecule has 0 spiro atoms. The van der Waals surface area contributed by atoms with Crippen molar-refractivity contribution in [2.45, 2.75) is 19.4 Å². The van der Waals surface area contributed by atoms with Gasteiger partial charge in [-0.25, -0.2) is 32.8 Å². The van der Waals surface area contributed by atoms with Crippen LogP contribution in [0.3, 0.4) is 0 Å². The van der Waals surface area contributed by atoms with Crippen molar-refractivity contribution < 1.29 is 17.9 Å². The third-order valence-corrected chi connectivity index (χ3v) is 5.67. The van der Waals surface area contributed by atoms with E-state index in [2.05, 4.69) is 25.3 Å². The summed E-state index contributed by atoms with van der Waals surface area (Å²) in [6.45, 7) is 1.93. The van der Waals surface area contributed by atoms with Gasteiger partial charge in [0.25, 0.3) is 0 Å². The molecule has 4 heterocycles. The Kier molecular flexibility index (Phi) is 5.55. The van der Waals surface area contributed by atoms with Gasteiger partial charge in [-0.15, -0.1) is 5.10 Å². The van der Waals surface area contributed by atoms with E-state index in [0.717, 1.165) is 18.3 Å². The molecule has 5 aromatic rings. The molecule has 0 fully saturated rings. The molecule has 1 aromatic carbocycles. The van der Waals surface area contributed by atoms with Crippen molar-refractivity contribution >= 4 is 16.9 Å². The molecule has 35 heavy (non-hydrogen) atoms. The highest BCUT2D eigenvalue weighted by molar-refractivity contribution is 6.01. The molecule has 4 aromatic heterocycles. The van der Waals surface area contributed by atoms with E-state index in [9.17, 15) is 13.2 Å². The summed E-state index contributed by atoms with van der Waals surface area (Å²) in [7, 11) is 1.44. The van der Waals surface area contributed by atoms with Crippen LogP contribution in [0.4, 0.5) is 19.0 Å². The Balaban J connectivity index is 1.67. The summed E-state index contributed by atoms with van der Waals surface area (Å²) in [5.41, 5.74) is 8.14. The molecule has 2 N–H and O–H groups in total. The summed E-state index contributed by atoms with van der Waals surface area (Å²) in [5.74, 6) is -1.60. The SMILES string of the molecule is CCC(c1cn(-c2ccc(F)cc2F)nn1)n1cc(-c2cc(F)cnc2OC)c2c(N)ncnc21. The van der Waals surface area contributed by atoms with Gasteiger partial charge in [-0.1, -0.05) is 12.1 Å². The van der Waals surface area contributed by atoms with E-state index < -0.39 is 23.5 Å². The number of rotatable bonds is 6. The monoisotopic (exact) mass is 480 g/mol. The van der Waals surface area contributed by atoms with Gasteiger partial charge < -0.3 is 15.0 Å². The van der Waals surface area contributed by atoms with Gasteiger partial charge in [0.15, 0.2) is 5.82 Å². The molecule has 1 unspecified atom stereocenters. The van der Waals surface area contributed by atoms with E-state index in [-0.39, 0.29) is 17.4 Å². The van der Waals surface area contributed by atoms with Gasteiger partial charge >= 0.3 is 0 Å². The Morgan fingerprint density at radius 2 is 1.86 bits per heavy atom. The summed E-state index contributed by atoms with van der Waals surface area (Å²) in [6.07, 6.45) is 6.25. The number of hydrogen-bond acceptors (Lipinski definition) is 7. The molecule has 9 nitrogen and oxygen atoms in total. The molecule has 0 aliphatic carbocycles. The second kappa shape index (κ2) is 8.70. The molecule has 0 aliphatic rings. The van der Waals surface area contributed by atoms with Crippen LogP contribution in [0.1, 0.15) is 25.1 Å². The van der Waals surface area contributed by atoms with Crippen LogP contribution >= 0.6 is 0 Å². The predicted octanol–water partition coefficient (Wildman–Crippen LogP) is 4.08. The molecular formula is C23H19F3N8O. The number of halogens is 3. The van der Waals surface area contributed by atoms with Crippen molar-refractivity contribution in [3.63, 3.8) is 0 Å². The Morgan fingerprint density at radius 1 is 1.03 bits per heavy atom. The summed E-state index contributed by atoms with van der Waals surface area (Å²) in [5, 5.41) is 8.74. The lowest BCUT2D eigenvalue weighted by atomic mass is 10.1. The minimum atomic E-state index is -0.769. The van der Waals surface area contributed by atoms with Gasteiger partial charge in [0.05, 0.1) is 30.9 Å². The molecule has 0 radical (unpaired) electrons. The fourth-order valence-electron chi connectivity index (χ4n) is 4.10. The smallest absolute Gasteiger partial charge is 0.221 e. The van der Waals surface area contributed by atoms with Crippen molar-refractivity contribution in [3.05, 3.63) is 72.3 Å². The zero-order valence-electron chi connectivity index (χ0n) is 18.7. The van der Waals surface area contributed by atoms with Crippen LogP contribution in [0.25, 0.3) is 27.8 Å². The van der Waals surface area contributed by atoms with E-state index in [1.807, 2.05) is 11.5 Å². The van der Waals surface area contributed by atoms with E-state index in [1.165, 1.54) is 30.3 Å². The number of nitrogens with zero attached hydrogens (tertiary/aromatic N) is 7. The first-order valence-corrected chi connectivity index (χ1v) is 10.6. The Morgan fingerprint density at radius 3 is 2.60 bits per heavy atom. The molecule has 0 amide bonds. The van der Waals surface area contributed by atoms with Crippen LogP contribution in [-0.4, -0.2) is 41.6 Å². The van der Waals surface area contributed by atoms with Crippen molar-refractivity contribution in [2.75, 3.05) is 12.8 Å². The largest absolute Gasteiger partial charge is 0.481 e. The molecule has 0 bridgehead atoms. The number of nitrogens with two attached hydrogens (primary N) is 1. The third kappa shape index (κ3) is 3.82. The summed E-state index contributed by atoms with van der Waals surface area (Å²) >= 11 is 0. The number of pyridine rings is 1. The summed E-state index contributed by atoms with van der Waals surface area (Å²) < 4.78 is 50.1. The van der Waals surface area contributed by atoms with Crippen LogP contribution in [0.15, 0.2) is 49.2 Å². The number of ether oxygens (including phenoxy) is 1. The van der Waals surface area contributed by atoms with Crippen molar-refractivity contribution in [3.8, 4) is 22.7 Å². The molecule has 178 valence electrons. The summed E-state index contributed by atoms with van der Waals surface area (Å²) in [4.78, 5) is 12.5. The zero-order valence-corrected chi connectivity index (χ0v) is 18.7. The van der Waals surface area contributed by atoms with Gasteiger partial charge in [-0.05, 0) is 24.6 Å². The first-order valence-electron chi connectivity index (χ1n) is 10.6. The van der Waals surface area contributed by atoms with Crippen molar-refractivity contribution in [2.24, 2.45) is 0 Å². The fraction of sp³-hybridized carbons (Fsp3) is 0.174. The van der Waals surface area contributed by atoms with Crippen molar-refractivity contribution in [1.82, 2.24) is 34.5 Å². The lowest BCUT2D eigenvalue weighted by Crippen LogP contribution is -2.10. The lowest BCUT2D eigenvalue weighted by Gasteiger charge is -2.15. The Labute approximate surface area is 197 Å². The maximum atomic E-state index is 14.3. The number of fused-ring (bicyclic) bond motifs is 1. The number of benzene rings is 1. The van der Waals surface area contributed by atoms with E-state index in [1.54, 1.807) is 12.4 Å². The third-order valence-electron chi connectivity index (χ3n) is 5.67. The molecule has 0 aliphatic heterocycles. The lowest BCUT2D eigenvalue weighted by molar-refractivity contribution is 0.398. The predicted molar refractivity (Wildman–Crippen MR) is 121 cm³/mol. The topological polar surface area (TPSA) is 110 Å². The fourth-order valence-corrected chi connectivity index (χ4v) is 4.10. The second-order valence-corrected chi connectivity index (χ2v) is 7.73. The highest BCUT2D eigenvalue weighted by Gasteiger charge is 2.25. The van der Waals surface area contributed by atoms with Crippen LogP contribution in [0, 0.1) is 17.5 Å². The quantitative estimate of drug-likeness (QED) is 0.390. The van der Waals surface area contributed by atoms with E-state index in [4.69, 9.17) is 10.5 Å². The van der Waals surface area contributed by atoms with Crippen LogP contribution in [0.2, 0.25) is 0 Å². The van der Waals surface area contributed by atoms with E-state index in [0.29, 0.717) is 34.3 Å². The Bertz CT molecular complexity index is 1550. The number of methoxy groups -OCH3 is 1. The Hall–Kier alpha value is -4.48. The van der Waals surface area contributed by atoms with Gasteiger partial charge in [0.2, 0.25) is 5.88 Å². The number of anilines is 1. The van der Waals surface area contributed by atoms with Gasteiger partial charge in [0.1, 0.15) is 40.8 Å². The number of hydrogen-bond donors (Lipinski definition) is 1. The van der Waals surface area contributed by atoms with Crippen LogP contribution < -0.4 is 10.5 Å². The van der Waals surface area contributed by atoms with Crippen LogP contribution in [-0.2, 0) is 0 Å². The minimum Gasteiger partial charge on any atom is -0.481 e. The minimum absolute atomic E-state index is 0.0557. The van der Waals surface area contributed by atoms with Gasteiger partial charge in [-0.3, -0.25) is 0 Å². The maximum Gasteiger partial charge on any atom is 0.221 e. The van der Waals surface area contributed by atoms with Gasteiger partial charge in [0, 0.05) is 23.4 Å². The highest BCUT2D eigenvalue weighted by atomic mass is 19.1. The van der Waals surface area contributed by atoms with E-state index >= 15 is 0 Å². The molecule has 1 atom stereocenters. The van der Waals surface area contributed by atoms with Gasteiger partial charge in [-0.2, -0.15) is 0 Å². The highest BCUT2D eigenvalue weighted by Crippen LogP contribution is 2.39. The number of aromatic nitrogens is 7. The molecule has 12 heteroatoms. The molecule has 0 saturated carbocycles. The molecule has 5 rings (SSSR count). The average molecular weight is 480 g/mol. The molecular weight excluding hydrogens is 461 g/mol. The number of nitrogen functional groups attached to an aromatic ring is 1. The van der Waals surface area contributed by atoms with Crippen molar-refractivity contribution in [1.29, 1.82) is 0 Å². The standard InChI is InChI=1S/C23H19F3N8O/c1-3-18(17-10-34(32-31-17)19-5-4-12(24)7-16(19)26)33-9-15(20-21(27)29-11-30-22(20)33)14-6-13(25)8-28-23(14)35-2/h4-11,18H,3H2,1-2H3,(H2,27,29,30). The second-order valence-electron chi connectivity index (χ2n) is 7.73. The first kappa shape index (κ1) is 22.3. The first-order chi connectivity index (χ1) is 16.9. The van der Waals surface area contributed by atoms with Crippen LogP contribution in [0.5, 0.6) is 5.88 Å². The zero-order chi connectivity index (χ0) is 24.7. The average Bonchev–Trinajstić information content (AvgIpc) is 3.46. The molecule has 0 saturated heterocycles. The maximum absolute atomic E-state index is 14.3. The normalized spacial score (nSPS) is 12.3.